The van der Waals surface area contributed by atoms with E-state index in [-0.39, 0.29) is 6.04 Å². The molecule has 1 heterocycles. The van der Waals surface area contributed by atoms with Crippen LogP contribution in [-0.4, -0.2) is 9.78 Å². The van der Waals surface area contributed by atoms with E-state index in [1.807, 2.05) is 49.1 Å². The lowest BCUT2D eigenvalue weighted by atomic mass is 10.1. The van der Waals surface area contributed by atoms with Gasteiger partial charge in [0.05, 0.1) is 23.4 Å². The number of nitrogens with zero attached hydrogens (tertiary/aromatic N) is 3. The molecule has 0 aliphatic carbocycles. The van der Waals surface area contributed by atoms with E-state index in [9.17, 15) is 0 Å². The van der Waals surface area contributed by atoms with Gasteiger partial charge in [0.1, 0.15) is 0 Å². The lowest BCUT2D eigenvalue weighted by Gasteiger charge is -2.14. The van der Waals surface area contributed by atoms with E-state index in [1.165, 1.54) is 5.56 Å². The first-order valence-corrected chi connectivity index (χ1v) is 5.87. The Kier molecular flexibility index (Phi) is 3.33. The Balaban J connectivity index is 2.13. The highest BCUT2D eigenvalue weighted by molar-refractivity contribution is 5.48. The normalized spacial score (nSPS) is 11.9. The summed E-state index contributed by atoms with van der Waals surface area (Å²) in [5.41, 5.74) is 3.89. The minimum absolute atomic E-state index is 0.187. The summed E-state index contributed by atoms with van der Waals surface area (Å²) in [6.07, 6.45) is 2.02. The first-order chi connectivity index (χ1) is 8.60. The zero-order valence-electron chi connectivity index (χ0n) is 10.8. The Labute approximate surface area is 107 Å². The first kappa shape index (κ1) is 12.2. The van der Waals surface area contributed by atoms with Gasteiger partial charge < -0.3 is 5.32 Å². The molecule has 0 fully saturated rings. The quantitative estimate of drug-likeness (QED) is 0.897. The van der Waals surface area contributed by atoms with Gasteiger partial charge in [-0.1, -0.05) is 0 Å². The Morgan fingerprint density at radius 1 is 1.33 bits per heavy atom. The molecule has 0 saturated heterocycles. The zero-order valence-corrected chi connectivity index (χ0v) is 10.8. The Morgan fingerprint density at radius 3 is 2.50 bits per heavy atom. The number of anilines is 1. The average molecular weight is 240 g/mol. The molecule has 4 heteroatoms. The van der Waals surface area contributed by atoms with Gasteiger partial charge in [-0.25, -0.2) is 0 Å². The van der Waals surface area contributed by atoms with Crippen molar-refractivity contribution < 1.29 is 0 Å². The summed E-state index contributed by atoms with van der Waals surface area (Å²) >= 11 is 0. The van der Waals surface area contributed by atoms with Crippen LogP contribution in [0.15, 0.2) is 30.5 Å². The number of aromatic nitrogens is 2. The van der Waals surface area contributed by atoms with E-state index in [1.54, 1.807) is 0 Å². The van der Waals surface area contributed by atoms with Gasteiger partial charge in [0, 0.05) is 24.5 Å². The van der Waals surface area contributed by atoms with Gasteiger partial charge in [-0.3, -0.25) is 4.68 Å². The van der Waals surface area contributed by atoms with E-state index in [2.05, 4.69) is 23.4 Å². The summed E-state index contributed by atoms with van der Waals surface area (Å²) in [6.45, 7) is 4.11. The minimum Gasteiger partial charge on any atom is -0.378 e. The van der Waals surface area contributed by atoms with Gasteiger partial charge in [-0.15, -0.1) is 0 Å². The van der Waals surface area contributed by atoms with Gasteiger partial charge in [0.2, 0.25) is 0 Å². The fraction of sp³-hybridized carbons (Fsp3) is 0.286. The highest BCUT2D eigenvalue weighted by Crippen LogP contribution is 2.21. The predicted molar refractivity (Wildman–Crippen MR) is 71.1 cm³/mol. The Hall–Kier alpha value is -2.28. The van der Waals surface area contributed by atoms with Crippen molar-refractivity contribution >= 4 is 5.69 Å². The van der Waals surface area contributed by atoms with E-state index >= 15 is 0 Å². The fourth-order valence-electron chi connectivity index (χ4n) is 2.01. The third-order valence-electron chi connectivity index (χ3n) is 2.92. The second kappa shape index (κ2) is 4.92. The molecule has 2 rings (SSSR count). The van der Waals surface area contributed by atoms with Crippen molar-refractivity contribution in [3.05, 3.63) is 47.3 Å². The summed E-state index contributed by atoms with van der Waals surface area (Å²) in [4.78, 5) is 0. The van der Waals surface area contributed by atoms with Crippen molar-refractivity contribution in [1.82, 2.24) is 9.78 Å². The van der Waals surface area contributed by atoms with E-state index in [0.717, 1.165) is 11.4 Å². The third-order valence-corrected chi connectivity index (χ3v) is 2.92. The van der Waals surface area contributed by atoms with Gasteiger partial charge in [-0.2, -0.15) is 10.4 Å². The summed E-state index contributed by atoms with van der Waals surface area (Å²) < 4.78 is 1.82. The van der Waals surface area contributed by atoms with Crippen molar-refractivity contribution in [3.8, 4) is 6.07 Å². The van der Waals surface area contributed by atoms with Crippen LogP contribution in [0.3, 0.4) is 0 Å². The van der Waals surface area contributed by atoms with Gasteiger partial charge in [-0.05, 0) is 38.1 Å². The number of rotatable bonds is 3. The first-order valence-electron chi connectivity index (χ1n) is 5.87. The second-order valence-electron chi connectivity index (χ2n) is 4.40. The van der Waals surface area contributed by atoms with Crippen LogP contribution in [0, 0.1) is 18.3 Å². The number of aryl methyl sites for hydroxylation is 2. The highest BCUT2D eigenvalue weighted by Gasteiger charge is 2.11. The van der Waals surface area contributed by atoms with Gasteiger partial charge in [0.25, 0.3) is 0 Å². The maximum absolute atomic E-state index is 8.75. The molecule has 1 aromatic heterocycles. The van der Waals surface area contributed by atoms with Gasteiger partial charge in [0.15, 0.2) is 0 Å². The van der Waals surface area contributed by atoms with E-state index < -0.39 is 0 Å². The lowest BCUT2D eigenvalue weighted by Crippen LogP contribution is -2.06. The topological polar surface area (TPSA) is 53.6 Å². The summed E-state index contributed by atoms with van der Waals surface area (Å²) in [5.74, 6) is 0. The molecular formula is C14H16N4. The number of hydrogen-bond donors (Lipinski definition) is 1. The fourth-order valence-corrected chi connectivity index (χ4v) is 2.01. The number of benzene rings is 1. The summed E-state index contributed by atoms with van der Waals surface area (Å²) in [6, 6.07) is 9.75. The molecule has 0 bridgehead atoms. The van der Waals surface area contributed by atoms with Crippen LogP contribution in [0.2, 0.25) is 0 Å². The lowest BCUT2D eigenvalue weighted by molar-refractivity contribution is 0.756. The molecule has 0 aliphatic rings. The summed E-state index contributed by atoms with van der Waals surface area (Å²) in [5, 5.41) is 16.5. The van der Waals surface area contributed by atoms with Crippen LogP contribution in [-0.2, 0) is 7.05 Å². The SMILES string of the molecule is Cc1nn(C)cc1C(C)Nc1ccc(C#N)cc1. The Bertz CT molecular complexity index is 575. The van der Waals surface area contributed by atoms with Crippen LogP contribution < -0.4 is 5.32 Å². The molecule has 18 heavy (non-hydrogen) atoms. The van der Waals surface area contributed by atoms with Crippen molar-refractivity contribution in [2.75, 3.05) is 5.32 Å². The molecule has 0 amide bonds. The third kappa shape index (κ3) is 2.51. The van der Waals surface area contributed by atoms with Gasteiger partial charge >= 0.3 is 0 Å². The molecule has 0 spiro atoms. The zero-order chi connectivity index (χ0) is 13.1. The molecule has 0 radical (unpaired) electrons. The molecule has 1 aromatic carbocycles. The van der Waals surface area contributed by atoms with E-state index in [0.29, 0.717) is 5.56 Å². The highest BCUT2D eigenvalue weighted by atomic mass is 15.3. The smallest absolute Gasteiger partial charge is 0.0991 e. The number of nitrogens with one attached hydrogen (secondary N) is 1. The molecule has 1 atom stereocenters. The largest absolute Gasteiger partial charge is 0.378 e. The van der Waals surface area contributed by atoms with Crippen LogP contribution in [0.25, 0.3) is 0 Å². The maximum Gasteiger partial charge on any atom is 0.0991 e. The van der Waals surface area contributed by atoms with Crippen molar-refractivity contribution in [2.45, 2.75) is 19.9 Å². The predicted octanol–water partition coefficient (Wildman–Crippen LogP) is 2.77. The molecule has 4 nitrogen and oxygen atoms in total. The van der Waals surface area contributed by atoms with Crippen LogP contribution in [0.5, 0.6) is 0 Å². The van der Waals surface area contributed by atoms with Crippen LogP contribution in [0.1, 0.15) is 29.8 Å². The second-order valence-corrected chi connectivity index (χ2v) is 4.40. The molecule has 2 aromatic rings. The van der Waals surface area contributed by atoms with E-state index in [4.69, 9.17) is 5.26 Å². The summed E-state index contributed by atoms with van der Waals surface area (Å²) in [7, 11) is 1.92. The average Bonchev–Trinajstić information content (AvgIpc) is 2.69. The van der Waals surface area contributed by atoms with Crippen LogP contribution >= 0.6 is 0 Å². The van der Waals surface area contributed by atoms with Crippen molar-refractivity contribution in [3.63, 3.8) is 0 Å². The van der Waals surface area contributed by atoms with Crippen molar-refractivity contribution in [2.24, 2.45) is 7.05 Å². The van der Waals surface area contributed by atoms with Crippen molar-refractivity contribution in [1.29, 1.82) is 5.26 Å². The number of nitriles is 1. The Morgan fingerprint density at radius 2 is 2.00 bits per heavy atom. The minimum atomic E-state index is 0.187. The molecule has 1 N–H and O–H groups in total. The monoisotopic (exact) mass is 240 g/mol. The molecule has 92 valence electrons. The standard InChI is InChI=1S/C14H16N4/c1-10(14-9-18(3)17-11(14)2)16-13-6-4-12(8-15)5-7-13/h4-7,9-10,16H,1-3H3. The molecule has 0 aliphatic heterocycles. The number of hydrogen-bond acceptors (Lipinski definition) is 3. The molecule has 0 saturated carbocycles. The maximum atomic E-state index is 8.75. The van der Waals surface area contributed by atoms with Crippen LogP contribution in [0.4, 0.5) is 5.69 Å². The molecular weight excluding hydrogens is 224 g/mol. The molecule has 1 unspecified atom stereocenters.